The van der Waals surface area contributed by atoms with Crippen LogP contribution in [0.4, 0.5) is 0 Å². The molecule has 2 fully saturated rings. The van der Waals surface area contributed by atoms with Gasteiger partial charge in [0, 0.05) is 43.5 Å². The van der Waals surface area contributed by atoms with Crippen molar-refractivity contribution in [1.82, 2.24) is 9.80 Å². The second kappa shape index (κ2) is 14.7. The molecule has 0 bridgehead atoms. The van der Waals surface area contributed by atoms with Gasteiger partial charge in [-0.1, -0.05) is 0 Å². The van der Waals surface area contributed by atoms with E-state index in [0.29, 0.717) is 89.4 Å². The van der Waals surface area contributed by atoms with E-state index in [0.717, 1.165) is 0 Å². The number of likely N-dealkylation sites (tertiary alicyclic amines) is 2. The maximum atomic E-state index is 16.3. The first kappa shape index (κ1) is 40.4. The number of carbonyl (C=O) groups excluding carboxylic acids is 2. The quantitative estimate of drug-likeness (QED) is 0.206. The Balaban J connectivity index is 1.28. The summed E-state index contributed by atoms with van der Waals surface area (Å²) in [4.78, 5) is 30.6. The van der Waals surface area contributed by atoms with Gasteiger partial charge >= 0.3 is 7.82 Å². The molecule has 0 N–H and O–H groups in total. The smallest absolute Gasteiger partial charge is 0.476 e. The minimum absolute atomic E-state index is 0.141. The van der Waals surface area contributed by atoms with Crippen molar-refractivity contribution in [3.63, 3.8) is 0 Å². The summed E-state index contributed by atoms with van der Waals surface area (Å²) in [6.07, 6.45) is -1.45. The molecule has 59 heavy (non-hydrogen) atoms. The molecular weight excluding hydrogens is 773 g/mol. The summed E-state index contributed by atoms with van der Waals surface area (Å²) >= 11 is 0. The van der Waals surface area contributed by atoms with Crippen LogP contribution >= 0.6 is 7.82 Å². The summed E-state index contributed by atoms with van der Waals surface area (Å²) in [5.74, 6) is 1.15. The molecule has 306 valence electrons. The molecule has 5 atom stereocenters. The van der Waals surface area contributed by atoms with Crippen molar-refractivity contribution < 1.29 is 41.9 Å². The van der Waals surface area contributed by atoms with Crippen LogP contribution in [0.25, 0.3) is 0 Å². The van der Waals surface area contributed by atoms with Gasteiger partial charge in [-0.05, 0) is 115 Å². The van der Waals surface area contributed by atoms with Crippen LogP contribution in [0, 0.1) is 34.0 Å². The molecule has 0 radical (unpaired) electrons. The Morgan fingerprint density at radius 1 is 0.627 bits per heavy atom. The molecular formula is C44H46N5O9P. The highest BCUT2D eigenvalue weighted by Crippen LogP contribution is 2.62. The first-order valence-corrected chi connectivity index (χ1v) is 21.3. The second-order valence-electron chi connectivity index (χ2n) is 17.3. The molecule has 5 heterocycles. The minimum atomic E-state index is -4.96. The number of nitrogens with zero attached hydrogens (tertiary/aromatic N) is 5. The molecule has 0 aliphatic carbocycles. The molecule has 3 aromatic rings. The van der Waals surface area contributed by atoms with Crippen molar-refractivity contribution in [2.75, 3.05) is 13.1 Å². The zero-order valence-electron chi connectivity index (χ0n) is 33.9. The lowest BCUT2D eigenvalue weighted by atomic mass is 9.85. The average Bonchev–Trinajstić information content (AvgIpc) is 3.81. The van der Waals surface area contributed by atoms with E-state index in [1.165, 1.54) is 0 Å². The highest BCUT2D eigenvalue weighted by atomic mass is 31.2. The van der Waals surface area contributed by atoms with E-state index in [1.807, 2.05) is 0 Å². The van der Waals surface area contributed by atoms with Crippen LogP contribution in [0.5, 0.6) is 17.2 Å². The fourth-order valence-electron chi connectivity index (χ4n) is 8.99. The van der Waals surface area contributed by atoms with Gasteiger partial charge in [0.15, 0.2) is 0 Å². The van der Waals surface area contributed by atoms with Gasteiger partial charge in [0.25, 0.3) is 0 Å². The fourth-order valence-corrected chi connectivity index (χ4v) is 11.1. The standard InChI is InChI=1S/C44H46N5O9P/c1-42(2)35(22-29-19-26(23-45)11-14-32(29)53-42)56-59(52,57-40-38(48-17-7-9-36(48)50)30-20-27(24-46)12-15-33(30)54-43(40,3)4)58-41-39(49-18-8-10-37(49)51)31-21-28(25-47)13-16-34(31)55-44(41,5)6/h11-16,19-21,35,38-41H,7-10,17-18,22H2,1-6H3/t35-,38-,39-,40+,41+/m0/s1. The zero-order valence-corrected chi connectivity index (χ0v) is 34.8. The van der Waals surface area contributed by atoms with Gasteiger partial charge in [0.2, 0.25) is 11.8 Å². The van der Waals surface area contributed by atoms with Gasteiger partial charge < -0.3 is 24.0 Å². The number of amides is 2. The monoisotopic (exact) mass is 819 g/mol. The first-order valence-electron chi connectivity index (χ1n) is 19.9. The Morgan fingerprint density at radius 3 is 1.47 bits per heavy atom. The topological polar surface area (TPSA) is 184 Å². The van der Waals surface area contributed by atoms with Gasteiger partial charge in [-0.2, -0.15) is 15.8 Å². The summed E-state index contributed by atoms with van der Waals surface area (Å²) in [6.45, 7) is 11.4. The summed E-state index contributed by atoms with van der Waals surface area (Å²) in [7, 11) is -4.96. The van der Waals surface area contributed by atoms with Crippen molar-refractivity contribution in [1.29, 1.82) is 15.8 Å². The van der Waals surface area contributed by atoms with Crippen molar-refractivity contribution in [2.45, 2.75) is 121 Å². The number of phosphoric acid groups is 1. The average molecular weight is 820 g/mol. The van der Waals surface area contributed by atoms with Gasteiger partial charge in [-0.25, -0.2) is 4.57 Å². The van der Waals surface area contributed by atoms with Crippen molar-refractivity contribution in [2.24, 2.45) is 0 Å². The maximum Gasteiger partial charge on any atom is 0.476 e. The summed E-state index contributed by atoms with van der Waals surface area (Å²) in [5.41, 5.74) is -0.886. The van der Waals surface area contributed by atoms with Crippen LogP contribution in [-0.2, 0) is 34.1 Å². The van der Waals surface area contributed by atoms with Crippen molar-refractivity contribution in [3.05, 3.63) is 88.0 Å². The fraction of sp³-hybridized carbons (Fsp3) is 0.477. The number of hydrogen-bond donors (Lipinski definition) is 0. The van der Waals surface area contributed by atoms with E-state index in [9.17, 15) is 25.4 Å². The van der Waals surface area contributed by atoms with Crippen LogP contribution in [0.2, 0.25) is 0 Å². The number of ether oxygens (including phenoxy) is 3. The van der Waals surface area contributed by atoms with E-state index in [4.69, 9.17) is 27.8 Å². The Kier molecular flexibility index (Phi) is 10.1. The summed E-state index contributed by atoms with van der Waals surface area (Å²) in [5, 5.41) is 29.6. The van der Waals surface area contributed by atoms with E-state index < -0.39 is 55.0 Å². The lowest BCUT2D eigenvalue weighted by Gasteiger charge is -2.50. The molecule has 2 amide bonds. The Labute approximate surface area is 343 Å². The normalized spacial score (nSPS) is 26.2. The van der Waals surface area contributed by atoms with E-state index >= 15 is 4.57 Å². The zero-order chi connectivity index (χ0) is 42.1. The Hall–Kier alpha value is -5.42. The first-order chi connectivity index (χ1) is 28.0. The molecule has 3 aromatic carbocycles. The minimum Gasteiger partial charge on any atom is -0.485 e. The third-order valence-corrected chi connectivity index (χ3v) is 13.5. The van der Waals surface area contributed by atoms with Crippen molar-refractivity contribution >= 4 is 19.6 Å². The number of carbonyl (C=O) groups is 2. The number of phosphoric ester groups is 1. The molecule has 0 unspecified atom stereocenters. The van der Waals surface area contributed by atoms with Gasteiger partial charge in [-0.15, -0.1) is 0 Å². The number of nitriles is 3. The summed E-state index contributed by atoms with van der Waals surface area (Å²) < 4.78 is 56.3. The second-order valence-corrected chi connectivity index (χ2v) is 18.9. The predicted octanol–water partition coefficient (Wildman–Crippen LogP) is 7.35. The van der Waals surface area contributed by atoms with Gasteiger partial charge in [0.05, 0.1) is 47.0 Å². The molecule has 5 aliphatic heterocycles. The van der Waals surface area contributed by atoms with Crippen molar-refractivity contribution in [3.8, 4) is 35.5 Å². The third kappa shape index (κ3) is 7.32. The Bertz CT molecular complexity index is 2290. The number of benzene rings is 3. The lowest BCUT2D eigenvalue weighted by Crippen LogP contribution is -2.57. The van der Waals surface area contributed by atoms with Gasteiger partial charge in [0.1, 0.15) is 52.4 Å². The molecule has 5 aliphatic rings. The summed E-state index contributed by atoms with van der Waals surface area (Å²) in [6, 6.07) is 19.8. The number of hydrogen-bond acceptors (Lipinski definition) is 12. The molecule has 0 spiro atoms. The van der Waals surface area contributed by atoms with Crippen LogP contribution in [0.1, 0.15) is 113 Å². The molecule has 8 rings (SSSR count). The number of rotatable bonds is 8. The Morgan fingerprint density at radius 2 is 1.05 bits per heavy atom. The molecule has 0 saturated carbocycles. The lowest BCUT2D eigenvalue weighted by molar-refractivity contribution is -0.149. The van der Waals surface area contributed by atoms with Crippen LogP contribution in [0.15, 0.2) is 54.6 Å². The molecule has 2 saturated heterocycles. The molecule has 14 nitrogen and oxygen atoms in total. The van der Waals surface area contributed by atoms with Gasteiger partial charge in [-0.3, -0.25) is 23.2 Å². The van der Waals surface area contributed by atoms with E-state index in [1.54, 1.807) is 106 Å². The maximum absolute atomic E-state index is 16.3. The predicted molar refractivity (Wildman–Crippen MR) is 211 cm³/mol. The van der Waals surface area contributed by atoms with Crippen LogP contribution in [0.3, 0.4) is 0 Å². The highest BCUT2D eigenvalue weighted by molar-refractivity contribution is 7.48. The SMILES string of the molecule is CC1(C)Oc2ccc(C#N)cc2C[C@@H]1OP(=O)(O[C@@H]1[C@@H](N2CCCC2=O)c2cc(C#N)ccc2OC1(C)C)O[C@@H]1[C@@H](N2CCCC2=O)c2cc(C#N)ccc2OC1(C)C. The molecule has 15 heteroatoms. The van der Waals surface area contributed by atoms with Crippen LogP contribution in [-0.4, -0.2) is 69.8 Å². The number of fused-ring (bicyclic) bond motifs is 3. The van der Waals surface area contributed by atoms with E-state index in [2.05, 4.69) is 18.2 Å². The van der Waals surface area contributed by atoms with Crippen LogP contribution < -0.4 is 14.2 Å². The largest absolute Gasteiger partial charge is 0.485 e. The highest BCUT2D eigenvalue weighted by Gasteiger charge is 2.58. The van der Waals surface area contributed by atoms with E-state index in [-0.39, 0.29) is 18.2 Å². The molecule has 0 aromatic heterocycles. The third-order valence-electron chi connectivity index (χ3n) is 12.0.